The summed E-state index contributed by atoms with van der Waals surface area (Å²) in [6.45, 7) is 0. The maximum atomic E-state index is 11.7. The Morgan fingerprint density at radius 1 is 0.328 bits per heavy atom. The van der Waals surface area contributed by atoms with Crippen molar-refractivity contribution < 1.29 is 102 Å². The van der Waals surface area contributed by atoms with Gasteiger partial charge >= 0.3 is 6.03 Å². The Morgan fingerprint density at radius 3 is 1.12 bits per heavy atom. The van der Waals surface area contributed by atoms with E-state index in [9.17, 15) is 107 Å². The molecule has 0 radical (unpaired) electrons. The molecule has 4 amide bonds. The van der Waals surface area contributed by atoms with Gasteiger partial charge in [0.15, 0.2) is 11.5 Å². The van der Waals surface area contributed by atoms with Gasteiger partial charge in [-0.3, -0.25) is 38.4 Å². The van der Waals surface area contributed by atoms with Crippen molar-refractivity contribution in [2.24, 2.45) is 56.3 Å². The van der Waals surface area contributed by atoms with Gasteiger partial charge in [-0.2, -0.15) is 38.8 Å². The molecule has 1 saturated heterocycles. The number of phenols is 7. The van der Waals surface area contributed by atoms with Crippen LogP contribution in [-0.4, -0.2) is 116 Å². The van der Waals surface area contributed by atoms with Crippen LogP contribution in [0.1, 0.15) is 0 Å². The van der Waals surface area contributed by atoms with Gasteiger partial charge in [0.2, 0.25) is 6.04 Å². The molecule has 119 heavy (non-hydrogen) atoms. The molecule has 1 aromatic heterocycles. The molecule has 14 aromatic rings. The number of barbiturate groups is 1. The number of nitrogens with one attached hydrogen (secondary N) is 2. The van der Waals surface area contributed by atoms with Gasteiger partial charge in [-0.15, -0.1) is 50.9 Å². The molecule has 0 aliphatic carbocycles. The normalized spacial score (nSPS) is 12.8. The van der Waals surface area contributed by atoms with Gasteiger partial charge in [0.25, 0.3) is 52.3 Å². The number of aromatic hydroxyl groups is 7. The number of aromatic nitrogens is 1. The van der Waals surface area contributed by atoms with Gasteiger partial charge in [0.1, 0.15) is 82.6 Å². The molecule has 2 heterocycles. The average molecular weight is 1710 g/mol. The fourth-order valence-electron chi connectivity index (χ4n) is 11.2. The molecule has 0 bridgehead atoms. The van der Waals surface area contributed by atoms with E-state index in [1.807, 2.05) is 34.9 Å². The average Bonchev–Trinajstić information content (AvgIpc) is 0.788. The highest BCUT2D eigenvalue weighted by Crippen LogP contribution is 2.44. The maximum Gasteiger partial charge on any atom is 0.328 e. The third-order valence-corrected chi connectivity index (χ3v) is 20.4. The first-order chi connectivity index (χ1) is 56.6. The minimum Gasteiger partial charge on any atom is -0.508 e. The first-order valence-corrected chi connectivity index (χ1v) is 39.6. The van der Waals surface area contributed by atoms with Crippen molar-refractivity contribution in [1.29, 1.82) is 0 Å². The summed E-state index contributed by atoms with van der Waals surface area (Å²) < 4.78 is 131. The van der Waals surface area contributed by atoms with E-state index >= 15 is 0 Å². The van der Waals surface area contributed by atoms with E-state index in [1.54, 1.807) is 109 Å². The fraction of sp³-hybridized carbons (Fsp3) is 0.0130. The second kappa shape index (κ2) is 36.3. The maximum absolute atomic E-state index is 11.7. The number of phenolic OH excluding ortho intramolecular Hbond substituents is 7. The predicted molar refractivity (Wildman–Crippen MR) is 431 cm³/mol. The molecular formula is C77H55ClN14O23S4. The number of urea groups is 1. The standard InChI is InChI=1S/C20H14N2O4S.C16H11ClN2O5S.C16H11N3O6S.C16H12N2O5S.C9H7N5O3/c23-17-12-11-13-5-1-2-8-15(13)20(17)22-21-16-9-3-6-14-7-4-10-18(19(14)16)27(24,25)26;17-10-7-12(14(21)8-13(10)20)19-18-11-5-1-3-9-4-2-6-15(16(9)11)25(22,23)24;20-13-8-14(21)12(19-22)7-11(13)18-17-10-5-1-3-9-4-2-6-15(16(9)10)26(23,24)25;19-11-7-8-12(14(20)9-11)17-18-13-5-1-3-10-4-2-6-15(16(10)13)24(21,22)23;15-7-6(8(16)12-9(17)11-7)14-13-5-3-1-2-4-10-5/h1-12,23H,(H,24,25,26);1-8,20-21H,(H,22,23,24);1-8,20-21H,(H,23,24,25);1-9,19-20H,(H,21,22,23);1-4,6H,(H2,11,12,15,16,17). The zero-order valence-electron chi connectivity index (χ0n) is 59.9. The van der Waals surface area contributed by atoms with E-state index < -0.39 is 75.9 Å². The Bertz CT molecular complexity index is 7020. The van der Waals surface area contributed by atoms with Crippen LogP contribution < -0.4 is 10.6 Å². The number of azo groups is 5. The number of nitroso groups, excluding NO2 is 1. The smallest absolute Gasteiger partial charge is 0.328 e. The van der Waals surface area contributed by atoms with Gasteiger partial charge in [-0.25, -0.2) is 9.78 Å². The SMILES string of the molecule is O=C1NC(=O)C(N=Nc2ccccn2)C(=O)N1.O=Nc1cc(N=Nc2cccc3cccc(S(=O)(=O)O)c23)c(O)cc1O.O=S(=O)(O)c1cccc2cccc(N=Nc3c(O)ccc4ccccc34)c12.O=S(=O)(O)c1cccc2cccc(N=Nc3cc(Cl)c(O)cc3O)c12.O=S(=O)(O)c1cccc2cccc(N=Nc3ccc(O)cc3O)c12. The Labute approximate surface area is 675 Å². The molecule has 42 heteroatoms. The van der Waals surface area contributed by atoms with E-state index in [4.69, 9.17) is 11.6 Å². The van der Waals surface area contributed by atoms with Crippen LogP contribution in [0.5, 0.6) is 40.2 Å². The number of halogens is 1. The third kappa shape index (κ3) is 20.8. The number of hydrogen-bond acceptors (Lipinski definition) is 31. The largest absolute Gasteiger partial charge is 0.508 e. The first kappa shape index (κ1) is 84.9. The molecule has 1 aliphatic rings. The Hall–Kier alpha value is -15.0. The number of hydrogen-bond donors (Lipinski definition) is 13. The van der Waals surface area contributed by atoms with Crippen LogP contribution in [0.2, 0.25) is 5.02 Å². The lowest BCUT2D eigenvalue weighted by atomic mass is 10.1. The summed E-state index contributed by atoms with van der Waals surface area (Å²) in [5, 5.41) is 118. The molecule has 0 atom stereocenters. The van der Waals surface area contributed by atoms with Crippen molar-refractivity contribution in [3.63, 3.8) is 0 Å². The van der Waals surface area contributed by atoms with E-state index in [1.165, 1.54) is 91.1 Å². The van der Waals surface area contributed by atoms with Crippen LogP contribution in [-0.2, 0) is 50.1 Å². The minimum atomic E-state index is -4.50. The van der Waals surface area contributed by atoms with Gasteiger partial charge < -0.3 is 35.7 Å². The van der Waals surface area contributed by atoms with Gasteiger partial charge in [0.05, 0.1) is 27.8 Å². The second-order valence-corrected chi connectivity index (χ2v) is 30.3. The number of imide groups is 2. The van der Waals surface area contributed by atoms with Crippen LogP contribution in [0.15, 0.2) is 325 Å². The zero-order chi connectivity index (χ0) is 85.7. The number of rotatable bonds is 15. The van der Waals surface area contributed by atoms with Crippen molar-refractivity contribution in [2.75, 3.05) is 0 Å². The van der Waals surface area contributed by atoms with E-state index in [-0.39, 0.29) is 132 Å². The number of carbonyl (C=O) groups is 3. The van der Waals surface area contributed by atoms with Gasteiger partial charge in [-0.05, 0) is 117 Å². The molecule has 13 aromatic carbocycles. The van der Waals surface area contributed by atoms with E-state index in [0.29, 0.717) is 21.5 Å². The molecule has 0 unspecified atom stereocenters. The minimum absolute atomic E-state index is 0.0101. The highest BCUT2D eigenvalue weighted by molar-refractivity contribution is 7.87. The number of nitrogens with zero attached hydrogens (tertiary/aromatic N) is 12. The monoisotopic (exact) mass is 1710 g/mol. The van der Waals surface area contributed by atoms with Crippen molar-refractivity contribution in [3.8, 4) is 40.2 Å². The molecule has 1 aliphatic heterocycles. The van der Waals surface area contributed by atoms with Crippen LogP contribution in [0, 0.1) is 4.91 Å². The second-order valence-electron chi connectivity index (χ2n) is 24.4. The fourth-order valence-corrected chi connectivity index (χ4v) is 14.3. The number of carbonyl (C=O) groups excluding carboxylic acids is 3. The molecule has 15 rings (SSSR count). The summed E-state index contributed by atoms with van der Waals surface area (Å²) in [5.74, 6) is -3.39. The lowest BCUT2D eigenvalue weighted by Crippen LogP contribution is -2.57. The molecule has 37 nitrogen and oxygen atoms in total. The molecular weight excluding hydrogens is 1650 g/mol. The highest BCUT2D eigenvalue weighted by Gasteiger charge is 2.34. The molecule has 602 valence electrons. The number of fused-ring (bicyclic) bond motifs is 5. The highest BCUT2D eigenvalue weighted by atomic mass is 35.5. The Kier molecular flexibility index (Phi) is 25.9. The zero-order valence-corrected chi connectivity index (χ0v) is 64.0. The summed E-state index contributed by atoms with van der Waals surface area (Å²) in [5.41, 5.74) is 0.666. The number of benzene rings is 13. The van der Waals surface area contributed by atoms with E-state index in [0.717, 1.165) is 35.0 Å². The first-order valence-electron chi connectivity index (χ1n) is 33.5. The molecule has 0 saturated carbocycles. The lowest BCUT2D eigenvalue weighted by Gasteiger charge is -2.15. The Morgan fingerprint density at radius 2 is 0.697 bits per heavy atom. The van der Waals surface area contributed by atoms with Crippen LogP contribution in [0.25, 0.3) is 53.9 Å². The molecule has 0 spiro atoms. The predicted octanol–water partition coefficient (Wildman–Crippen LogP) is 18.1. The summed E-state index contributed by atoms with van der Waals surface area (Å²) >= 11 is 5.77. The Balaban J connectivity index is 0.000000147. The third-order valence-electron chi connectivity index (χ3n) is 16.5. The van der Waals surface area contributed by atoms with Crippen molar-refractivity contribution in [1.82, 2.24) is 15.6 Å². The number of amides is 4. The summed E-state index contributed by atoms with van der Waals surface area (Å²) in [6, 6.07) is 58.6. The van der Waals surface area contributed by atoms with Gasteiger partial charge in [-0.1, -0.05) is 145 Å². The van der Waals surface area contributed by atoms with Crippen LogP contribution in [0.3, 0.4) is 0 Å². The summed E-state index contributed by atoms with van der Waals surface area (Å²) in [4.78, 5) is 46.6. The van der Waals surface area contributed by atoms with Crippen molar-refractivity contribution >= 4 is 181 Å². The quantitative estimate of drug-likeness (QED) is 0.0196. The summed E-state index contributed by atoms with van der Waals surface area (Å²) in [7, 11) is -17.8. The van der Waals surface area contributed by atoms with Crippen LogP contribution in [0.4, 0.5) is 61.8 Å². The van der Waals surface area contributed by atoms with Crippen molar-refractivity contribution in [2.45, 2.75) is 25.6 Å². The van der Waals surface area contributed by atoms with Crippen LogP contribution >= 0.6 is 11.6 Å². The molecule has 1 fully saturated rings. The van der Waals surface area contributed by atoms with Crippen molar-refractivity contribution in [3.05, 3.63) is 259 Å². The topological polar surface area (TPSA) is 600 Å². The van der Waals surface area contributed by atoms with E-state index in [2.05, 4.69) is 61.3 Å². The molecule has 13 N–H and O–H groups in total. The number of pyridine rings is 1. The summed E-state index contributed by atoms with van der Waals surface area (Å²) in [6.07, 6.45) is 1.50. The van der Waals surface area contributed by atoms with Gasteiger partial charge in [0, 0.05) is 57.4 Å². The lowest BCUT2D eigenvalue weighted by molar-refractivity contribution is -0.131.